The number of nitrogens with one attached hydrogen (secondary N) is 2. The van der Waals surface area contributed by atoms with Gasteiger partial charge in [0, 0.05) is 12.6 Å². The van der Waals surface area contributed by atoms with Gasteiger partial charge in [-0.1, -0.05) is 6.92 Å². The van der Waals surface area contributed by atoms with Crippen LogP contribution in [-0.4, -0.2) is 48.9 Å². The van der Waals surface area contributed by atoms with Gasteiger partial charge in [-0.05, 0) is 26.3 Å². The number of hydrogen-bond acceptors (Lipinski definition) is 3. The van der Waals surface area contributed by atoms with E-state index in [9.17, 15) is 9.59 Å². The molecule has 0 aromatic rings. The molecular formula is C11H21N3O2. The Labute approximate surface area is 96.6 Å². The van der Waals surface area contributed by atoms with E-state index in [0.29, 0.717) is 32.2 Å². The molecule has 16 heavy (non-hydrogen) atoms. The molecule has 0 aromatic carbocycles. The predicted molar refractivity (Wildman–Crippen MR) is 62.0 cm³/mol. The van der Waals surface area contributed by atoms with Crippen molar-refractivity contribution in [3.05, 3.63) is 0 Å². The summed E-state index contributed by atoms with van der Waals surface area (Å²) in [5.74, 6) is -0.00257. The molecule has 0 unspecified atom stereocenters. The molecule has 92 valence electrons. The van der Waals surface area contributed by atoms with Crippen molar-refractivity contribution in [3.63, 3.8) is 0 Å². The minimum Gasteiger partial charge on any atom is -0.355 e. The number of carbonyl (C=O) groups is 2. The van der Waals surface area contributed by atoms with Gasteiger partial charge in [-0.15, -0.1) is 0 Å². The monoisotopic (exact) mass is 227 g/mol. The van der Waals surface area contributed by atoms with E-state index in [2.05, 4.69) is 10.6 Å². The van der Waals surface area contributed by atoms with Crippen LogP contribution in [0.4, 0.5) is 0 Å². The van der Waals surface area contributed by atoms with Crippen LogP contribution in [0.1, 0.15) is 26.7 Å². The normalized spacial score (nSPS) is 14.9. The maximum atomic E-state index is 11.5. The van der Waals surface area contributed by atoms with E-state index < -0.39 is 0 Å². The summed E-state index contributed by atoms with van der Waals surface area (Å²) in [6, 6.07) is 0.385. The molecule has 0 aromatic heterocycles. The van der Waals surface area contributed by atoms with Crippen LogP contribution in [0, 0.1) is 0 Å². The summed E-state index contributed by atoms with van der Waals surface area (Å²) in [6.45, 7) is 5.77. The Morgan fingerprint density at radius 3 is 2.31 bits per heavy atom. The summed E-state index contributed by atoms with van der Waals surface area (Å²) in [7, 11) is 0. The van der Waals surface area contributed by atoms with Crippen molar-refractivity contribution in [2.24, 2.45) is 0 Å². The van der Waals surface area contributed by atoms with E-state index in [1.807, 2.05) is 18.7 Å². The molecule has 0 spiro atoms. The van der Waals surface area contributed by atoms with Crippen molar-refractivity contribution in [3.8, 4) is 0 Å². The zero-order valence-electron chi connectivity index (χ0n) is 10.1. The Morgan fingerprint density at radius 2 is 1.81 bits per heavy atom. The number of carbonyl (C=O) groups excluding carboxylic acids is 2. The summed E-state index contributed by atoms with van der Waals surface area (Å²) < 4.78 is 0. The van der Waals surface area contributed by atoms with Gasteiger partial charge in [-0.2, -0.15) is 0 Å². The molecule has 5 nitrogen and oxygen atoms in total. The third-order valence-corrected chi connectivity index (χ3v) is 2.50. The van der Waals surface area contributed by atoms with Crippen LogP contribution in [0.3, 0.4) is 0 Å². The van der Waals surface area contributed by atoms with Crippen LogP contribution in [0.5, 0.6) is 0 Å². The van der Waals surface area contributed by atoms with Gasteiger partial charge in [-0.3, -0.25) is 14.5 Å². The molecular weight excluding hydrogens is 206 g/mol. The van der Waals surface area contributed by atoms with Gasteiger partial charge in [0.2, 0.25) is 11.8 Å². The number of rotatable bonds is 7. The van der Waals surface area contributed by atoms with E-state index in [1.54, 1.807) is 0 Å². The summed E-state index contributed by atoms with van der Waals surface area (Å²) in [5.41, 5.74) is 0. The Morgan fingerprint density at radius 1 is 1.19 bits per heavy atom. The fourth-order valence-electron chi connectivity index (χ4n) is 1.44. The first-order valence-electron chi connectivity index (χ1n) is 5.94. The van der Waals surface area contributed by atoms with Gasteiger partial charge in [0.25, 0.3) is 0 Å². The number of hydrogen-bond donors (Lipinski definition) is 2. The molecule has 1 aliphatic carbocycles. The SMILES string of the molecule is CCNC(=O)CN(CC)CC(=O)NC1CC1. The van der Waals surface area contributed by atoms with E-state index in [0.717, 1.165) is 12.8 Å². The summed E-state index contributed by atoms with van der Waals surface area (Å²) in [6.07, 6.45) is 2.18. The minimum absolute atomic E-state index is 0.0219. The van der Waals surface area contributed by atoms with Crippen molar-refractivity contribution >= 4 is 11.8 Å². The second-order valence-electron chi connectivity index (χ2n) is 4.10. The highest BCUT2D eigenvalue weighted by molar-refractivity contribution is 5.81. The molecule has 1 aliphatic rings. The minimum atomic E-state index is -0.0245. The van der Waals surface area contributed by atoms with Crippen molar-refractivity contribution in [1.29, 1.82) is 0 Å². The molecule has 2 N–H and O–H groups in total. The highest BCUT2D eigenvalue weighted by atomic mass is 16.2. The van der Waals surface area contributed by atoms with Gasteiger partial charge in [0.15, 0.2) is 0 Å². The number of nitrogens with zero attached hydrogens (tertiary/aromatic N) is 1. The zero-order valence-corrected chi connectivity index (χ0v) is 10.1. The quantitative estimate of drug-likeness (QED) is 0.629. The van der Waals surface area contributed by atoms with Crippen molar-refractivity contribution < 1.29 is 9.59 Å². The van der Waals surface area contributed by atoms with Crippen LogP contribution in [-0.2, 0) is 9.59 Å². The van der Waals surface area contributed by atoms with Crippen molar-refractivity contribution in [1.82, 2.24) is 15.5 Å². The molecule has 0 aliphatic heterocycles. The molecule has 0 bridgehead atoms. The highest BCUT2D eigenvalue weighted by Gasteiger charge is 2.24. The lowest BCUT2D eigenvalue weighted by Crippen LogP contribution is -2.43. The summed E-state index contributed by atoms with van der Waals surface area (Å²) in [5, 5.41) is 5.64. The van der Waals surface area contributed by atoms with Crippen LogP contribution in [0.15, 0.2) is 0 Å². The van der Waals surface area contributed by atoms with Gasteiger partial charge >= 0.3 is 0 Å². The maximum absolute atomic E-state index is 11.5. The van der Waals surface area contributed by atoms with Crippen LogP contribution in [0.2, 0.25) is 0 Å². The van der Waals surface area contributed by atoms with Gasteiger partial charge < -0.3 is 10.6 Å². The maximum Gasteiger partial charge on any atom is 0.234 e. The Kier molecular flexibility index (Phi) is 5.25. The molecule has 2 amide bonds. The average molecular weight is 227 g/mol. The van der Waals surface area contributed by atoms with Crippen LogP contribution >= 0.6 is 0 Å². The predicted octanol–water partition coefficient (Wildman–Crippen LogP) is -0.277. The average Bonchev–Trinajstić information content (AvgIpc) is 3.00. The van der Waals surface area contributed by atoms with Gasteiger partial charge in [-0.25, -0.2) is 0 Å². The highest BCUT2D eigenvalue weighted by Crippen LogP contribution is 2.18. The molecule has 0 radical (unpaired) electrons. The molecule has 0 heterocycles. The molecule has 0 saturated heterocycles. The van der Waals surface area contributed by atoms with Gasteiger partial charge in [0.1, 0.15) is 0 Å². The smallest absolute Gasteiger partial charge is 0.234 e. The Hall–Kier alpha value is -1.10. The zero-order chi connectivity index (χ0) is 12.0. The fourth-order valence-corrected chi connectivity index (χ4v) is 1.44. The standard InChI is InChI=1S/C11H21N3O2/c1-3-12-10(15)7-14(4-2)8-11(16)13-9-5-6-9/h9H,3-8H2,1-2H3,(H,12,15)(H,13,16). The van der Waals surface area contributed by atoms with Gasteiger partial charge in [0.05, 0.1) is 13.1 Å². The molecule has 5 heteroatoms. The van der Waals surface area contributed by atoms with Crippen molar-refractivity contribution in [2.75, 3.05) is 26.2 Å². The van der Waals surface area contributed by atoms with E-state index >= 15 is 0 Å². The summed E-state index contributed by atoms with van der Waals surface area (Å²) in [4.78, 5) is 24.7. The second kappa shape index (κ2) is 6.48. The first-order chi connectivity index (χ1) is 7.65. The third kappa shape index (κ3) is 5.11. The first-order valence-corrected chi connectivity index (χ1v) is 5.94. The van der Waals surface area contributed by atoms with E-state index in [4.69, 9.17) is 0 Å². The lowest BCUT2D eigenvalue weighted by atomic mass is 10.4. The van der Waals surface area contributed by atoms with E-state index in [1.165, 1.54) is 0 Å². The molecule has 0 atom stereocenters. The topological polar surface area (TPSA) is 61.4 Å². The first kappa shape index (κ1) is 13.0. The second-order valence-corrected chi connectivity index (χ2v) is 4.10. The number of likely N-dealkylation sites (N-methyl/N-ethyl adjacent to an activating group) is 2. The molecule has 1 saturated carbocycles. The lowest BCUT2D eigenvalue weighted by Gasteiger charge is -2.18. The molecule has 1 rings (SSSR count). The third-order valence-electron chi connectivity index (χ3n) is 2.50. The largest absolute Gasteiger partial charge is 0.355 e. The Balaban J connectivity index is 2.23. The van der Waals surface area contributed by atoms with Crippen molar-refractivity contribution in [2.45, 2.75) is 32.7 Å². The Bertz CT molecular complexity index is 252. The van der Waals surface area contributed by atoms with E-state index in [-0.39, 0.29) is 11.8 Å². The fraction of sp³-hybridized carbons (Fsp3) is 0.818. The number of amides is 2. The summed E-state index contributed by atoms with van der Waals surface area (Å²) >= 11 is 0. The lowest BCUT2D eigenvalue weighted by molar-refractivity contribution is -0.125. The van der Waals surface area contributed by atoms with Crippen LogP contribution in [0.25, 0.3) is 0 Å². The van der Waals surface area contributed by atoms with Crippen LogP contribution < -0.4 is 10.6 Å². The molecule has 1 fully saturated rings.